The van der Waals surface area contributed by atoms with Gasteiger partial charge < -0.3 is 19.7 Å². The van der Waals surface area contributed by atoms with Crippen LogP contribution in [0.4, 0.5) is 11.4 Å². The van der Waals surface area contributed by atoms with E-state index in [9.17, 15) is 4.79 Å². The molecule has 7 heteroatoms. The Hall–Kier alpha value is -2.64. The lowest BCUT2D eigenvalue weighted by atomic mass is 9.91. The topological polar surface area (TPSA) is 54.0 Å². The first-order chi connectivity index (χ1) is 14.4. The minimum absolute atomic E-state index is 0.0933. The smallest absolute Gasteiger partial charge is 0.263 e. The van der Waals surface area contributed by atoms with Crippen LogP contribution < -0.4 is 19.9 Å². The van der Waals surface area contributed by atoms with Gasteiger partial charge in [0.2, 0.25) is 0 Å². The minimum Gasteiger partial charge on any atom is -0.491 e. The van der Waals surface area contributed by atoms with Crippen LogP contribution in [-0.2, 0) is 15.1 Å². The zero-order valence-corrected chi connectivity index (χ0v) is 18.4. The average Bonchev–Trinajstić information content (AvgIpc) is 2.98. The zero-order chi connectivity index (χ0) is 21.3. The molecule has 2 aromatic carbocycles. The van der Waals surface area contributed by atoms with Crippen LogP contribution >= 0.6 is 12.2 Å². The molecule has 4 rings (SSSR count). The summed E-state index contributed by atoms with van der Waals surface area (Å²) < 4.78 is 11.1. The molecule has 2 fully saturated rings. The fourth-order valence-electron chi connectivity index (χ4n) is 3.84. The first-order valence-corrected chi connectivity index (χ1v) is 10.7. The summed E-state index contributed by atoms with van der Waals surface area (Å²) in [6, 6.07) is 15.6. The number of nitrogens with one attached hydrogen (secondary N) is 1. The first kappa shape index (κ1) is 20.6. The van der Waals surface area contributed by atoms with Gasteiger partial charge in [0.05, 0.1) is 25.0 Å². The Bertz CT molecular complexity index is 924. The molecule has 1 atom stereocenters. The van der Waals surface area contributed by atoms with Crippen LogP contribution in [0.2, 0.25) is 0 Å². The number of nitrogens with zero attached hydrogens (tertiary/aromatic N) is 2. The Morgan fingerprint density at radius 3 is 2.23 bits per heavy atom. The van der Waals surface area contributed by atoms with Crippen LogP contribution in [0.25, 0.3) is 0 Å². The molecule has 1 N–H and O–H groups in total. The van der Waals surface area contributed by atoms with Gasteiger partial charge in [-0.1, -0.05) is 12.1 Å². The molecular weight excluding hydrogens is 398 g/mol. The second-order valence-electron chi connectivity index (χ2n) is 8.00. The maximum Gasteiger partial charge on any atom is 0.263 e. The number of anilines is 2. The summed E-state index contributed by atoms with van der Waals surface area (Å²) in [6.45, 7) is 9.07. The lowest BCUT2D eigenvalue weighted by molar-refractivity contribution is -0.121. The number of benzene rings is 2. The molecule has 2 aliphatic rings. The van der Waals surface area contributed by atoms with E-state index in [0.29, 0.717) is 5.11 Å². The van der Waals surface area contributed by atoms with E-state index in [1.807, 2.05) is 57.2 Å². The number of thiocarbonyl (C=S) groups is 1. The zero-order valence-electron chi connectivity index (χ0n) is 17.6. The quantitative estimate of drug-likeness (QED) is 0.741. The Kier molecular flexibility index (Phi) is 5.66. The molecule has 0 spiro atoms. The van der Waals surface area contributed by atoms with Crippen LogP contribution in [0.1, 0.15) is 26.3 Å². The maximum atomic E-state index is 13.4. The van der Waals surface area contributed by atoms with Crippen molar-refractivity contribution in [1.29, 1.82) is 0 Å². The van der Waals surface area contributed by atoms with Crippen molar-refractivity contribution in [2.24, 2.45) is 0 Å². The number of hydrogen-bond acceptors (Lipinski definition) is 5. The van der Waals surface area contributed by atoms with Crippen LogP contribution in [-0.4, -0.2) is 43.4 Å². The SMILES string of the molecule is CC(C)Oc1ccc(N2C(=O)C(C)(c3ccc(N4CCOCC4)cc3)NC2=S)cc1. The highest BCUT2D eigenvalue weighted by molar-refractivity contribution is 7.80. The standard InChI is InChI=1S/C23H27N3O3S/c1-16(2)29-20-10-8-19(9-11-20)26-21(27)23(3,24-22(26)30)17-4-6-18(7-5-17)25-12-14-28-15-13-25/h4-11,16H,12-15H2,1-3H3,(H,24,30). The van der Waals surface area contributed by atoms with Crippen molar-refractivity contribution in [3.05, 3.63) is 54.1 Å². The lowest BCUT2D eigenvalue weighted by Crippen LogP contribution is -2.41. The second kappa shape index (κ2) is 8.24. The largest absolute Gasteiger partial charge is 0.491 e. The second-order valence-corrected chi connectivity index (χ2v) is 8.39. The molecule has 30 heavy (non-hydrogen) atoms. The van der Waals surface area contributed by atoms with Crippen molar-refractivity contribution >= 4 is 34.6 Å². The van der Waals surface area contributed by atoms with Gasteiger partial charge in [0.15, 0.2) is 5.11 Å². The number of hydrogen-bond donors (Lipinski definition) is 1. The number of rotatable bonds is 5. The molecule has 0 bridgehead atoms. The predicted octanol–water partition coefficient (Wildman–Crippen LogP) is 3.45. The number of carbonyl (C=O) groups excluding carboxylic acids is 1. The fraction of sp³-hybridized carbons (Fsp3) is 0.391. The highest BCUT2D eigenvalue weighted by Gasteiger charge is 2.47. The molecule has 1 unspecified atom stereocenters. The van der Waals surface area contributed by atoms with E-state index >= 15 is 0 Å². The van der Waals surface area contributed by atoms with Crippen molar-refractivity contribution in [1.82, 2.24) is 5.32 Å². The molecule has 0 aromatic heterocycles. The third kappa shape index (κ3) is 3.87. The van der Waals surface area contributed by atoms with Crippen LogP contribution in [0.15, 0.2) is 48.5 Å². The van der Waals surface area contributed by atoms with E-state index in [-0.39, 0.29) is 12.0 Å². The molecule has 158 valence electrons. The Morgan fingerprint density at radius 1 is 1.03 bits per heavy atom. The summed E-state index contributed by atoms with van der Waals surface area (Å²) in [7, 11) is 0. The predicted molar refractivity (Wildman–Crippen MR) is 122 cm³/mol. The van der Waals surface area contributed by atoms with E-state index in [1.54, 1.807) is 4.90 Å². The highest BCUT2D eigenvalue weighted by atomic mass is 32.1. The van der Waals surface area contributed by atoms with Gasteiger partial charge in [-0.3, -0.25) is 9.69 Å². The van der Waals surface area contributed by atoms with Gasteiger partial charge in [-0.05, 0) is 75.0 Å². The number of carbonyl (C=O) groups is 1. The van der Waals surface area contributed by atoms with Crippen molar-refractivity contribution < 1.29 is 14.3 Å². The van der Waals surface area contributed by atoms with Gasteiger partial charge in [-0.15, -0.1) is 0 Å². The maximum absolute atomic E-state index is 13.4. The molecule has 2 aliphatic heterocycles. The Morgan fingerprint density at radius 2 is 1.63 bits per heavy atom. The lowest BCUT2D eigenvalue weighted by Gasteiger charge is -2.29. The molecule has 2 aromatic rings. The van der Waals surface area contributed by atoms with Gasteiger partial charge in [0.25, 0.3) is 5.91 Å². The van der Waals surface area contributed by atoms with E-state index in [4.69, 9.17) is 21.7 Å². The summed E-state index contributed by atoms with van der Waals surface area (Å²) in [5.74, 6) is 0.671. The Balaban J connectivity index is 1.55. The van der Waals surface area contributed by atoms with Crippen LogP contribution in [0.3, 0.4) is 0 Å². The van der Waals surface area contributed by atoms with Gasteiger partial charge in [-0.2, -0.15) is 0 Å². The van der Waals surface area contributed by atoms with Gasteiger partial charge in [-0.25, -0.2) is 0 Å². The molecule has 6 nitrogen and oxygen atoms in total. The summed E-state index contributed by atoms with van der Waals surface area (Å²) in [5.41, 5.74) is 1.83. The summed E-state index contributed by atoms with van der Waals surface area (Å²) >= 11 is 5.52. The monoisotopic (exact) mass is 425 g/mol. The molecule has 2 saturated heterocycles. The highest BCUT2D eigenvalue weighted by Crippen LogP contribution is 2.34. The van der Waals surface area contributed by atoms with Crippen molar-refractivity contribution in [2.45, 2.75) is 32.4 Å². The van der Waals surface area contributed by atoms with Crippen molar-refractivity contribution in [3.8, 4) is 5.75 Å². The molecule has 0 radical (unpaired) electrons. The number of ether oxygens (including phenoxy) is 2. The van der Waals surface area contributed by atoms with E-state index in [1.165, 1.54) is 0 Å². The molecule has 1 amide bonds. The summed E-state index contributed by atoms with van der Waals surface area (Å²) in [6.07, 6.45) is 0.0933. The van der Waals surface area contributed by atoms with Crippen LogP contribution in [0.5, 0.6) is 5.75 Å². The number of amides is 1. The summed E-state index contributed by atoms with van der Waals surface area (Å²) in [5, 5.41) is 3.63. The van der Waals surface area contributed by atoms with Gasteiger partial charge in [0, 0.05) is 18.8 Å². The number of morpholine rings is 1. The Labute approximate surface area is 182 Å². The fourth-order valence-corrected chi connectivity index (χ4v) is 4.23. The van der Waals surface area contributed by atoms with E-state index in [0.717, 1.165) is 49.0 Å². The average molecular weight is 426 g/mol. The first-order valence-electron chi connectivity index (χ1n) is 10.2. The van der Waals surface area contributed by atoms with Gasteiger partial charge in [0.1, 0.15) is 11.3 Å². The molecule has 2 heterocycles. The van der Waals surface area contributed by atoms with Crippen molar-refractivity contribution in [3.63, 3.8) is 0 Å². The molecular formula is C23H27N3O3S. The minimum atomic E-state index is -0.909. The summed E-state index contributed by atoms with van der Waals surface area (Å²) in [4.78, 5) is 17.3. The van der Waals surface area contributed by atoms with Crippen LogP contribution in [0, 0.1) is 0 Å². The normalized spacial score (nSPS) is 21.9. The molecule has 0 saturated carbocycles. The van der Waals surface area contributed by atoms with Crippen molar-refractivity contribution in [2.75, 3.05) is 36.1 Å². The third-order valence-corrected chi connectivity index (χ3v) is 5.76. The van der Waals surface area contributed by atoms with Gasteiger partial charge >= 0.3 is 0 Å². The third-order valence-electron chi connectivity index (χ3n) is 5.48. The molecule has 0 aliphatic carbocycles. The van der Waals surface area contributed by atoms with E-state index in [2.05, 4.69) is 22.3 Å². The van der Waals surface area contributed by atoms with E-state index < -0.39 is 5.54 Å².